The van der Waals surface area contributed by atoms with Crippen molar-refractivity contribution in [2.75, 3.05) is 11.9 Å². The maximum atomic E-state index is 12.1. The number of aryl methyl sites for hydroxylation is 1. The summed E-state index contributed by atoms with van der Waals surface area (Å²) in [6.07, 6.45) is -4.97. The van der Waals surface area contributed by atoms with E-state index in [4.69, 9.17) is 0 Å². The molecule has 0 aromatic heterocycles. The second kappa shape index (κ2) is 8.40. The maximum absolute atomic E-state index is 12.1. The van der Waals surface area contributed by atoms with Crippen molar-refractivity contribution in [1.82, 2.24) is 4.72 Å². The van der Waals surface area contributed by atoms with Crippen LogP contribution in [0.3, 0.4) is 0 Å². The minimum atomic E-state index is -4.86. The third-order valence-electron chi connectivity index (χ3n) is 3.43. The summed E-state index contributed by atoms with van der Waals surface area (Å²) in [5.41, 5.74) is 1.50. The molecule has 2 N–H and O–H groups in total. The Bertz CT molecular complexity index is 897. The molecule has 0 fully saturated rings. The van der Waals surface area contributed by atoms with Crippen molar-refractivity contribution in [3.63, 3.8) is 0 Å². The number of benzene rings is 2. The Morgan fingerprint density at radius 1 is 1.07 bits per heavy atom. The molecule has 0 radical (unpaired) electrons. The third kappa shape index (κ3) is 6.57. The summed E-state index contributed by atoms with van der Waals surface area (Å²) in [7, 11) is -3.96. The highest BCUT2D eigenvalue weighted by atomic mass is 32.2. The Kier molecular flexibility index (Phi) is 6.45. The van der Waals surface area contributed by atoms with E-state index in [1.165, 1.54) is 0 Å². The van der Waals surface area contributed by atoms with Gasteiger partial charge in [-0.2, -0.15) is 0 Å². The van der Waals surface area contributed by atoms with Gasteiger partial charge in [0.25, 0.3) is 0 Å². The fourth-order valence-electron chi connectivity index (χ4n) is 2.13. The molecule has 6 nitrogen and oxygen atoms in total. The van der Waals surface area contributed by atoms with Crippen molar-refractivity contribution in [3.8, 4) is 5.75 Å². The maximum Gasteiger partial charge on any atom is 0.573 e. The average Bonchev–Trinajstić information content (AvgIpc) is 2.56. The number of ether oxygens (including phenoxy) is 1. The Balaban J connectivity index is 1.89. The van der Waals surface area contributed by atoms with E-state index in [0.717, 1.165) is 29.8 Å². The van der Waals surface area contributed by atoms with Crippen molar-refractivity contribution in [2.45, 2.75) is 24.6 Å². The van der Waals surface area contributed by atoms with Crippen LogP contribution in [-0.2, 0) is 14.8 Å². The molecule has 2 aromatic rings. The highest BCUT2D eigenvalue weighted by Crippen LogP contribution is 2.23. The molecule has 2 aromatic carbocycles. The molecule has 0 aliphatic rings. The van der Waals surface area contributed by atoms with Crippen LogP contribution >= 0.6 is 0 Å². The Morgan fingerprint density at radius 3 is 2.30 bits per heavy atom. The van der Waals surface area contributed by atoms with Gasteiger partial charge in [-0.05, 0) is 42.8 Å². The fourth-order valence-corrected chi connectivity index (χ4v) is 3.16. The van der Waals surface area contributed by atoms with Gasteiger partial charge in [0.2, 0.25) is 15.9 Å². The molecular weight excluding hydrogens is 385 g/mol. The van der Waals surface area contributed by atoms with Crippen molar-refractivity contribution >= 4 is 21.6 Å². The van der Waals surface area contributed by atoms with Crippen LogP contribution in [-0.4, -0.2) is 27.2 Å². The Labute approximate surface area is 154 Å². The first-order valence-electron chi connectivity index (χ1n) is 7.78. The zero-order valence-electron chi connectivity index (χ0n) is 14.2. The molecule has 27 heavy (non-hydrogen) atoms. The highest BCUT2D eigenvalue weighted by molar-refractivity contribution is 7.89. The molecule has 0 heterocycles. The normalized spacial score (nSPS) is 11.9. The quantitative estimate of drug-likeness (QED) is 0.745. The number of alkyl halides is 3. The number of nitrogens with one attached hydrogen (secondary N) is 2. The van der Waals surface area contributed by atoms with E-state index in [0.29, 0.717) is 5.69 Å². The molecular formula is C17H17F3N2O4S. The lowest BCUT2D eigenvalue weighted by Gasteiger charge is -2.11. The molecule has 0 aliphatic carbocycles. The molecule has 0 spiro atoms. The molecule has 10 heteroatoms. The van der Waals surface area contributed by atoms with Crippen LogP contribution in [0.25, 0.3) is 0 Å². The third-order valence-corrected chi connectivity index (χ3v) is 4.91. The van der Waals surface area contributed by atoms with E-state index in [9.17, 15) is 26.4 Å². The lowest BCUT2D eigenvalue weighted by molar-refractivity contribution is -0.274. The molecule has 0 bridgehead atoms. The number of para-hydroxylation sites is 1. The summed E-state index contributed by atoms with van der Waals surface area (Å²) in [5.74, 6) is -0.903. The predicted molar refractivity (Wildman–Crippen MR) is 92.7 cm³/mol. The SMILES string of the molecule is Cc1ccccc1NC(=O)CCNS(=O)(=O)c1ccc(OC(F)(F)F)cc1. The van der Waals surface area contributed by atoms with Crippen LogP contribution in [0.1, 0.15) is 12.0 Å². The number of halogens is 3. The minimum Gasteiger partial charge on any atom is -0.406 e. The fraction of sp³-hybridized carbons (Fsp3) is 0.235. The highest BCUT2D eigenvalue weighted by Gasteiger charge is 2.31. The number of rotatable bonds is 7. The zero-order valence-corrected chi connectivity index (χ0v) is 15.0. The molecule has 1 amide bonds. The van der Waals surface area contributed by atoms with Gasteiger partial charge in [0, 0.05) is 18.7 Å². The number of hydrogen-bond acceptors (Lipinski definition) is 4. The predicted octanol–water partition coefficient (Wildman–Crippen LogP) is 3.20. The standard InChI is InChI=1S/C17H17F3N2O4S/c1-12-4-2-3-5-15(12)22-16(23)10-11-21-27(24,25)14-8-6-13(7-9-14)26-17(18,19)20/h2-9,21H,10-11H2,1H3,(H,22,23). The van der Waals surface area contributed by atoms with E-state index in [2.05, 4.69) is 14.8 Å². The average molecular weight is 402 g/mol. The second-order valence-electron chi connectivity index (χ2n) is 5.53. The van der Waals surface area contributed by atoms with E-state index in [1.54, 1.807) is 12.1 Å². The molecule has 0 atom stereocenters. The molecule has 146 valence electrons. The molecule has 0 saturated heterocycles. The van der Waals surface area contributed by atoms with Crippen LogP contribution in [0.2, 0.25) is 0 Å². The number of hydrogen-bond donors (Lipinski definition) is 2. The van der Waals surface area contributed by atoms with Gasteiger partial charge in [-0.3, -0.25) is 4.79 Å². The van der Waals surface area contributed by atoms with Gasteiger partial charge in [-0.25, -0.2) is 13.1 Å². The van der Waals surface area contributed by atoms with Crippen LogP contribution in [0.4, 0.5) is 18.9 Å². The van der Waals surface area contributed by atoms with Gasteiger partial charge in [0.05, 0.1) is 4.90 Å². The molecule has 0 aliphatic heterocycles. The smallest absolute Gasteiger partial charge is 0.406 e. The summed E-state index contributed by atoms with van der Waals surface area (Å²) in [4.78, 5) is 11.7. The van der Waals surface area contributed by atoms with Gasteiger partial charge < -0.3 is 10.1 Å². The van der Waals surface area contributed by atoms with Crippen molar-refractivity contribution in [1.29, 1.82) is 0 Å². The summed E-state index contributed by atoms with van der Waals surface area (Å²) < 4.78 is 66.5. The number of carbonyl (C=O) groups is 1. The number of amides is 1. The van der Waals surface area contributed by atoms with Gasteiger partial charge in [-0.1, -0.05) is 18.2 Å². The Morgan fingerprint density at radius 2 is 1.70 bits per heavy atom. The van der Waals surface area contributed by atoms with Gasteiger partial charge in [-0.15, -0.1) is 13.2 Å². The zero-order chi connectivity index (χ0) is 20.1. The lowest BCUT2D eigenvalue weighted by atomic mass is 10.2. The van der Waals surface area contributed by atoms with Crippen LogP contribution < -0.4 is 14.8 Å². The van der Waals surface area contributed by atoms with Crippen molar-refractivity contribution < 1.29 is 31.1 Å². The van der Waals surface area contributed by atoms with E-state index < -0.39 is 22.1 Å². The second-order valence-corrected chi connectivity index (χ2v) is 7.30. The van der Waals surface area contributed by atoms with Crippen LogP contribution in [0, 0.1) is 6.92 Å². The van der Waals surface area contributed by atoms with Crippen molar-refractivity contribution in [3.05, 3.63) is 54.1 Å². The minimum absolute atomic E-state index is 0.108. The first kappa shape index (κ1) is 20.7. The first-order valence-corrected chi connectivity index (χ1v) is 9.26. The largest absolute Gasteiger partial charge is 0.573 e. The number of sulfonamides is 1. The summed E-state index contributed by atoms with van der Waals surface area (Å²) in [5, 5.41) is 2.67. The van der Waals surface area contributed by atoms with Gasteiger partial charge >= 0.3 is 6.36 Å². The van der Waals surface area contributed by atoms with E-state index in [-0.39, 0.29) is 23.8 Å². The van der Waals surface area contributed by atoms with Crippen molar-refractivity contribution in [2.24, 2.45) is 0 Å². The number of anilines is 1. The molecule has 2 rings (SSSR count). The Hall–Kier alpha value is -2.59. The lowest BCUT2D eigenvalue weighted by Crippen LogP contribution is -2.28. The van der Waals surface area contributed by atoms with Gasteiger partial charge in [0.15, 0.2) is 0 Å². The van der Waals surface area contributed by atoms with E-state index in [1.807, 2.05) is 19.1 Å². The molecule has 0 saturated carbocycles. The van der Waals surface area contributed by atoms with Crippen LogP contribution in [0.5, 0.6) is 5.75 Å². The summed E-state index contributed by atoms with van der Waals surface area (Å²) in [6, 6.07) is 10.9. The molecule has 0 unspecified atom stereocenters. The van der Waals surface area contributed by atoms with E-state index >= 15 is 0 Å². The van der Waals surface area contributed by atoms with Crippen LogP contribution in [0.15, 0.2) is 53.4 Å². The number of carbonyl (C=O) groups excluding carboxylic acids is 1. The first-order chi connectivity index (χ1) is 12.6. The monoisotopic (exact) mass is 402 g/mol. The van der Waals surface area contributed by atoms with Gasteiger partial charge in [0.1, 0.15) is 5.75 Å². The topological polar surface area (TPSA) is 84.5 Å². The summed E-state index contributed by atoms with van der Waals surface area (Å²) in [6.45, 7) is 1.66. The summed E-state index contributed by atoms with van der Waals surface area (Å²) >= 11 is 0.